The third-order valence-electron chi connectivity index (χ3n) is 4.97. The number of thiocarbonyl (C=S) groups is 1. The van der Waals surface area contributed by atoms with Crippen LogP contribution in [0.3, 0.4) is 0 Å². The van der Waals surface area contributed by atoms with Crippen LogP contribution in [0.5, 0.6) is 5.75 Å². The molecule has 0 aliphatic carbocycles. The highest BCUT2D eigenvalue weighted by Gasteiger charge is 2.35. The fraction of sp³-hybridized carbons (Fsp3) is 0.0400. The predicted octanol–water partition coefficient (Wildman–Crippen LogP) is 3.93. The number of aromatic carboxylic acids is 1. The summed E-state index contributed by atoms with van der Waals surface area (Å²) in [6.45, 7) is 0.164. The Morgan fingerprint density at radius 3 is 2.50 bits per heavy atom. The Balaban J connectivity index is 1.51. The van der Waals surface area contributed by atoms with Gasteiger partial charge in [-0.25, -0.2) is 14.1 Å². The highest BCUT2D eigenvalue weighted by atomic mass is 32.1. The molecule has 1 aliphatic rings. The topological polar surface area (TPSA) is 95.9 Å². The van der Waals surface area contributed by atoms with Gasteiger partial charge in [0.15, 0.2) is 5.11 Å². The van der Waals surface area contributed by atoms with Crippen LogP contribution in [0, 0.1) is 5.82 Å². The molecule has 0 radical (unpaired) electrons. The molecule has 0 bridgehead atoms. The molecule has 0 atom stereocenters. The lowest BCUT2D eigenvalue weighted by atomic mass is 10.1. The maximum absolute atomic E-state index is 14.2. The number of halogens is 1. The fourth-order valence-electron chi connectivity index (χ4n) is 3.30. The highest BCUT2D eigenvalue weighted by Crippen LogP contribution is 2.25. The van der Waals surface area contributed by atoms with Gasteiger partial charge in [-0.3, -0.25) is 14.9 Å². The van der Waals surface area contributed by atoms with E-state index in [0.717, 1.165) is 4.90 Å². The first kappa shape index (κ1) is 22.8. The zero-order valence-electron chi connectivity index (χ0n) is 17.5. The number of nitrogens with one attached hydrogen (secondary N) is 1. The minimum Gasteiger partial charge on any atom is -0.489 e. The molecule has 2 amide bonds. The van der Waals surface area contributed by atoms with Gasteiger partial charge < -0.3 is 9.84 Å². The number of rotatable bonds is 6. The number of nitrogens with zero attached hydrogens (tertiary/aromatic N) is 1. The van der Waals surface area contributed by atoms with Crippen molar-refractivity contribution in [3.63, 3.8) is 0 Å². The number of ether oxygens (including phenoxy) is 1. The molecule has 7 nitrogen and oxygen atoms in total. The lowest BCUT2D eigenvalue weighted by Crippen LogP contribution is -2.54. The van der Waals surface area contributed by atoms with Crippen molar-refractivity contribution in [2.45, 2.75) is 6.61 Å². The van der Waals surface area contributed by atoms with E-state index >= 15 is 0 Å². The molecule has 9 heteroatoms. The zero-order chi connectivity index (χ0) is 24.2. The van der Waals surface area contributed by atoms with Gasteiger partial charge in [-0.15, -0.1) is 0 Å². The maximum atomic E-state index is 14.2. The number of carbonyl (C=O) groups is 3. The lowest BCUT2D eigenvalue weighted by molar-refractivity contribution is -0.122. The van der Waals surface area contributed by atoms with Crippen molar-refractivity contribution in [1.29, 1.82) is 0 Å². The third kappa shape index (κ3) is 4.84. The first-order valence-electron chi connectivity index (χ1n) is 10.0. The Hall–Kier alpha value is -4.37. The molecule has 0 saturated carbocycles. The Kier molecular flexibility index (Phi) is 6.46. The molecule has 170 valence electrons. The number of carboxylic acids is 1. The molecule has 0 aromatic heterocycles. The van der Waals surface area contributed by atoms with Gasteiger partial charge in [-0.2, -0.15) is 0 Å². The SMILES string of the molecule is O=C1NC(=S)N(c2ccccc2F)C(=O)/C1=C/c1ccc(OCc2cccc(C(=O)O)c2)cc1. The summed E-state index contributed by atoms with van der Waals surface area (Å²) >= 11 is 5.08. The summed E-state index contributed by atoms with van der Waals surface area (Å²) in [7, 11) is 0. The van der Waals surface area contributed by atoms with Gasteiger partial charge in [0, 0.05) is 0 Å². The fourth-order valence-corrected chi connectivity index (χ4v) is 3.57. The highest BCUT2D eigenvalue weighted by molar-refractivity contribution is 7.80. The van der Waals surface area contributed by atoms with E-state index in [9.17, 15) is 18.8 Å². The summed E-state index contributed by atoms with van der Waals surface area (Å²) in [5.41, 5.74) is 1.15. The average molecular weight is 476 g/mol. The van der Waals surface area contributed by atoms with Crippen LogP contribution in [0.25, 0.3) is 6.08 Å². The number of hydrogen-bond acceptors (Lipinski definition) is 5. The first-order chi connectivity index (χ1) is 16.3. The van der Waals surface area contributed by atoms with Crippen molar-refractivity contribution >= 4 is 46.9 Å². The quantitative estimate of drug-likeness (QED) is 0.318. The molecule has 1 fully saturated rings. The van der Waals surface area contributed by atoms with Crippen LogP contribution >= 0.6 is 12.2 Å². The molecular weight excluding hydrogens is 459 g/mol. The number of benzene rings is 3. The van der Waals surface area contributed by atoms with Crippen LogP contribution in [-0.4, -0.2) is 28.0 Å². The van der Waals surface area contributed by atoms with Crippen molar-refractivity contribution in [1.82, 2.24) is 5.32 Å². The summed E-state index contributed by atoms with van der Waals surface area (Å²) in [6, 6.07) is 18.7. The Morgan fingerprint density at radius 2 is 1.79 bits per heavy atom. The van der Waals surface area contributed by atoms with Crippen LogP contribution in [0.15, 0.2) is 78.4 Å². The molecule has 2 N–H and O–H groups in total. The molecule has 1 saturated heterocycles. The third-order valence-corrected chi connectivity index (χ3v) is 5.25. The van der Waals surface area contributed by atoms with Crippen LogP contribution in [0.1, 0.15) is 21.5 Å². The van der Waals surface area contributed by atoms with E-state index < -0.39 is 23.6 Å². The van der Waals surface area contributed by atoms with Crippen molar-refractivity contribution in [2.24, 2.45) is 0 Å². The van der Waals surface area contributed by atoms with Gasteiger partial charge in [-0.05, 0) is 65.8 Å². The van der Waals surface area contributed by atoms with E-state index in [-0.39, 0.29) is 28.5 Å². The smallest absolute Gasteiger partial charge is 0.335 e. The molecule has 3 aromatic carbocycles. The van der Waals surface area contributed by atoms with Crippen molar-refractivity contribution in [3.8, 4) is 5.75 Å². The summed E-state index contributed by atoms with van der Waals surface area (Å²) in [4.78, 5) is 37.4. The van der Waals surface area contributed by atoms with E-state index in [1.54, 1.807) is 42.5 Å². The van der Waals surface area contributed by atoms with Crippen LogP contribution in [0.4, 0.5) is 10.1 Å². The lowest BCUT2D eigenvalue weighted by Gasteiger charge is -2.29. The second-order valence-corrected chi connectivity index (χ2v) is 7.66. The minimum absolute atomic E-state index is 0.0564. The number of anilines is 1. The normalized spacial score (nSPS) is 14.8. The molecule has 0 unspecified atom stereocenters. The van der Waals surface area contributed by atoms with Crippen LogP contribution < -0.4 is 15.0 Å². The monoisotopic (exact) mass is 476 g/mol. The Morgan fingerprint density at radius 1 is 1.06 bits per heavy atom. The Labute approximate surface area is 199 Å². The van der Waals surface area contributed by atoms with Gasteiger partial charge >= 0.3 is 5.97 Å². The van der Waals surface area contributed by atoms with E-state index in [2.05, 4.69) is 5.32 Å². The predicted molar refractivity (Wildman–Crippen MR) is 127 cm³/mol. The maximum Gasteiger partial charge on any atom is 0.335 e. The molecule has 34 heavy (non-hydrogen) atoms. The number of carboxylic acid groups (broad SMARTS) is 1. The number of carbonyl (C=O) groups excluding carboxylic acids is 2. The van der Waals surface area contributed by atoms with Crippen LogP contribution in [-0.2, 0) is 16.2 Å². The van der Waals surface area contributed by atoms with Crippen molar-refractivity contribution in [3.05, 3.63) is 101 Å². The summed E-state index contributed by atoms with van der Waals surface area (Å²) in [6.07, 6.45) is 1.38. The van der Waals surface area contributed by atoms with Crippen LogP contribution in [0.2, 0.25) is 0 Å². The van der Waals surface area contributed by atoms with Crippen molar-refractivity contribution in [2.75, 3.05) is 4.90 Å². The second kappa shape index (κ2) is 9.63. The molecule has 1 aliphatic heterocycles. The van der Waals surface area contributed by atoms with E-state index in [4.69, 9.17) is 22.1 Å². The van der Waals surface area contributed by atoms with Gasteiger partial charge in [0.2, 0.25) is 0 Å². The van der Waals surface area contributed by atoms with Gasteiger partial charge in [-0.1, -0.05) is 36.4 Å². The van der Waals surface area contributed by atoms with Gasteiger partial charge in [0.1, 0.15) is 23.7 Å². The molecule has 1 heterocycles. The molecule has 4 rings (SSSR count). The van der Waals surface area contributed by atoms with Gasteiger partial charge in [0.05, 0.1) is 11.3 Å². The van der Waals surface area contributed by atoms with Crippen molar-refractivity contribution < 1.29 is 28.6 Å². The van der Waals surface area contributed by atoms with E-state index in [1.165, 1.54) is 36.4 Å². The number of hydrogen-bond donors (Lipinski definition) is 2. The summed E-state index contributed by atoms with van der Waals surface area (Å²) in [5, 5.41) is 11.3. The average Bonchev–Trinajstić information content (AvgIpc) is 2.82. The zero-order valence-corrected chi connectivity index (χ0v) is 18.3. The number of amides is 2. The standard InChI is InChI=1S/C25H17FN2O5S/c26-20-6-1-2-7-21(20)28-23(30)19(22(29)27-25(28)34)13-15-8-10-18(11-9-15)33-14-16-4-3-5-17(12-16)24(31)32/h1-13H,14H2,(H,31,32)(H,27,29,34)/b19-13+. The molecule has 0 spiro atoms. The first-order valence-corrected chi connectivity index (χ1v) is 10.5. The van der Waals surface area contributed by atoms with E-state index in [0.29, 0.717) is 16.9 Å². The molecular formula is C25H17FN2O5S. The summed E-state index contributed by atoms with van der Waals surface area (Å²) < 4.78 is 19.9. The second-order valence-electron chi connectivity index (χ2n) is 7.27. The summed E-state index contributed by atoms with van der Waals surface area (Å²) in [5.74, 6) is -2.57. The van der Waals surface area contributed by atoms with Gasteiger partial charge in [0.25, 0.3) is 11.8 Å². The largest absolute Gasteiger partial charge is 0.489 e. The Bertz CT molecular complexity index is 1340. The van der Waals surface area contributed by atoms with E-state index in [1.807, 2.05) is 0 Å². The number of para-hydroxylation sites is 1. The molecule has 3 aromatic rings. The minimum atomic E-state index is -1.02.